The third-order valence-corrected chi connectivity index (χ3v) is 6.31. The molecule has 0 bridgehead atoms. The number of nitrogens with zero attached hydrogens (tertiary/aromatic N) is 2. The predicted octanol–water partition coefficient (Wildman–Crippen LogP) is 4.11. The summed E-state index contributed by atoms with van der Waals surface area (Å²) in [5, 5.41) is 16.7. The first-order chi connectivity index (χ1) is 15.3. The Hall–Kier alpha value is -2.09. The van der Waals surface area contributed by atoms with Crippen LogP contribution in [0.5, 0.6) is 0 Å². The Bertz CT molecular complexity index is 809. The Labute approximate surface area is 198 Å². The third kappa shape index (κ3) is 9.18. The first-order valence-electron chi connectivity index (χ1n) is 10.9. The van der Waals surface area contributed by atoms with Gasteiger partial charge in [-0.15, -0.1) is 0 Å². The van der Waals surface area contributed by atoms with Gasteiger partial charge in [-0.2, -0.15) is 0 Å². The molecule has 3 rings (SSSR count). The Balaban J connectivity index is 0.000000390. The molecule has 2 heterocycles. The molecule has 0 radical (unpaired) electrons. The van der Waals surface area contributed by atoms with E-state index < -0.39 is 11.9 Å². The van der Waals surface area contributed by atoms with Crippen LogP contribution in [0.25, 0.3) is 0 Å². The topological polar surface area (TPSA) is 98.2 Å². The number of rotatable bonds is 6. The second-order valence-corrected chi connectivity index (χ2v) is 8.85. The van der Waals surface area contributed by atoms with Gasteiger partial charge in [0.05, 0.1) is 16.5 Å². The third-order valence-electron chi connectivity index (χ3n) is 5.57. The molecule has 1 aromatic carbocycles. The maximum absolute atomic E-state index is 12.8. The molecule has 2 aliphatic heterocycles. The van der Waals surface area contributed by atoms with Gasteiger partial charge in [0.2, 0.25) is 5.91 Å². The molecule has 0 aliphatic carbocycles. The van der Waals surface area contributed by atoms with Gasteiger partial charge in [0, 0.05) is 31.3 Å². The summed E-state index contributed by atoms with van der Waals surface area (Å²) in [6.07, 6.45) is 8.94. The minimum absolute atomic E-state index is 0.218. The van der Waals surface area contributed by atoms with Crippen molar-refractivity contribution < 1.29 is 24.6 Å². The van der Waals surface area contributed by atoms with E-state index in [2.05, 4.69) is 9.80 Å². The lowest BCUT2D eigenvalue weighted by Crippen LogP contribution is -2.50. The lowest BCUT2D eigenvalue weighted by Gasteiger charge is -2.40. The number of carbonyl (C=O) groups excluding carboxylic acids is 1. The van der Waals surface area contributed by atoms with Gasteiger partial charge in [0.15, 0.2) is 0 Å². The molecule has 9 heteroatoms. The van der Waals surface area contributed by atoms with Crippen LogP contribution in [0.1, 0.15) is 44.1 Å². The monoisotopic (exact) mass is 484 g/mol. The average molecular weight is 485 g/mol. The van der Waals surface area contributed by atoms with Gasteiger partial charge < -0.3 is 20.0 Å². The lowest BCUT2D eigenvalue weighted by atomic mass is 9.99. The number of halogens is 2. The molecule has 0 aromatic heterocycles. The van der Waals surface area contributed by atoms with Crippen LogP contribution in [-0.4, -0.2) is 70.1 Å². The minimum Gasteiger partial charge on any atom is -0.478 e. The Morgan fingerprint density at radius 3 is 2.12 bits per heavy atom. The summed E-state index contributed by atoms with van der Waals surface area (Å²) in [4.78, 5) is 36.6. The molecule has 1 amide bonds. The summed E-state index contributed by atoms with van der Waals surface area (Å²) >= 11 is 12.0. The highest BCUT2D eigenvalue weighted by Gasteiger charge is 2.28. The van der Waals surface area contributed by atoms with Gasteiger partial charge in [-0.1, -0.05) is 35.7 Å². The molecular weight excluding hydrogens is 455 g/mol. The van der Waals surface area contributed by atoms with E-state index >= 15 is 0 Å². The fraction of sp³-hybridized carbons (Fsp3) is 0.522. The van der Waals surface area contributed by atoms with E-state index in [-0.39, 0.29) is 5.91 Å². The molecule has 2 fully saturated rings. The Morgan fingerprint density at radius 1 is 0.906 bits per heavy atom. The summed E-state index contributed by atoms with van der Waals surface area (Å²) in [5.74, 6) is -2.30. The van der Waals surface area contributed by atoms with Crippen molar-refractivity contribution >= 4 is 41.0 Å². The van der Waals surface area contributed by atoms with Gasteiger partial charge in [-0.05, 0) is 62.9 Å². The molecule has 1 aromatic rings. The fourth-order valence-corrected chi connectivity index (χ4v) is 4.35. The van der Waals surface area contributed by atoms with Crippen LogP contribution >= 0.6 is 23.2 Å². The molecule has 2 aliphatic rings. The Morgan fingerprint density at radius 2 is 1.53 bits per heavy atom. The molecule has 176 valence electrons. The number of benzene rings is 1. The number of hydrogen-bond acceptors (Lipinski definition) is 4. The van der Waals surface area contributed by atoms with Crippen molar-refractivity contribution in [2.75, 3.05) is 26.2 Å². The van der Waals surface area contributed by atoms with Gasteiger partial charge >= 0.3 is 11.9 Å². The van der Waals surface area contributed by atoms with Crippen molar-refractivity contribution in [2.24, 2.45) is 0 Å². The number of aliphatic carboxylic acids is 2. The molecule has 2 N–H and O–H groups in total. The zero-order valence-electron chi connectivity index (χ0n) is 18.0. The molecule has 0 saturated carbocycles. The number of likely N-dealkylation sites (tertiary alicyclic amines) is 2. The Kier molecular flexibility index (Phi) is 11.0. The number of carboxylic acids is 2. The van der Waals surface area contributed by atoms with E-state index in [1.165, 1.54) is 38.8 Å². The van der Waals surface area contributed by atoms with Crippen molar-refractivity contribution in [3.8, 4) is 0 Å². The van der Waals surface area contributed by atoms with Crippen molar-refractivity contribution in [3.63, 3.8) is 0 Å². The highest BCUT2D eigenvalue weighted by molar-refractivity contribution is 6.42. The molecule has 1 unspecified atom stereocenters. The minimum atomic E-state index is -1.26. The SMILES string of the molecule is O=C(Cc1ccc(Cl)c(Cl)c1)N1CCCCC1CN1CCCCC1.O=C(O)C=CC(=O)O. The number of carboxylic acid groups (broad SMARTS) is 2. The van der Waals surface area contributed by atoms with E-state index in [4.69, 9.17) is 33.4 Å². The molecule has 7 nitrogen and oxygen atoms in total. The van der Waals surface area contributed by atoms with E-state index in [1.807, 2.05) is 12.1 Å². The van der Waals surface area contributed by atoms with Crippen LogP contribution in [-0.2, 0) is 20.8 Å². The standard InChI is InChI=1S/C19H26Cl2N2O.C4H4O4/c20-17-8-7-15(12-18(17)21)13-19(24)23-11-5-2-6-16(23)14-22-9-3-1-4-10-22;5-3(6)1-2-4(7)8/h7-8,12,16H,1-6,9-11,13-14H2;1-2H,(H,5,6)(H,7,8). The first-order valence-corrected chi connectivity index (χ1v) is 11.6. The number of carbonyl (C=O) groups is 3. The van der Waals surface area contributed by atoms with E-state index in [0.717, 1.165) is 31.5 Å². The molecule has 2 saturated heterocycles. The van der Waals surface area contributed by atoms with Crippen LogP contribution in [0, 0.1) is 0 Å². The summed E-state index contributed by atoms with van der Waals surface area (Å²) in [7, 11) is 0. The summed E-state index contributed by atoms with van der Waals surface area (Å²) in [5.41, 5.74) is 0.941. The molecule has 0 spiro atoms. The normalized spacial score (nSPS) is 19.3. The van der Waals surface area contributed by atoms with Gasteiger partial charge in [0.25, 0.3) is 0 Å². The summed E-state index contributed by atoms with van der Waals surface area (Å²) < 4.78 is 0. The van der Waals surface area contributed by atoms with Gasteiger partial charge in [-0.25, -0.2) is 9.59 Å². The van der Waals surface area contributed by atoms with E-state index in [1.54, 1.807) is 6.07 Å². The molecule has 32 heavy (non-hydrogen) atoms. The van der Waals surface area contributed by atoms with Crippen molar-refractivity contribution in [2.45, 2.75) is 51.0 Å². The predicted molar refractivity (Wildman–Crippen MR) is 124 cm³/mol. The highest BCUT2D eigenvalue weighted by Crippen LogP contribution is 2.25. The van der Waals surface area contributed by atoms with Gasteiger partial charge in [0.1, 0.15) is 0 Å². The fourth-order valence-electron chi connectivity index (χ4n) is 4.03. The lowest BCUT2D eigenvalue weighted by molar-refractivity contribution is -0.135. The average Bonchev–Trinajstić information content (AvgIpc) is 2.76. The maximum Gasteiger partial charge on any atom is 0.328 e. The first kappa shape index (κ1) is 26.2. The number of amides is 1. The largest absolute Gasteiger partial charge is 0.478 e. The van der Waals surface area contributed by atoms with Crippen molar-refractivity contribution in [3.05, 3.63) is 46.0 Å². The number of piperidine rings is 2. The maximum atomic E-state index is 12.8. The van der Waals surface area contributed by atoms with Crippen molar-refractivity contribution in [1.82, 2.24) is 9.80 Å². The van der Waals surface area contributed by atoms with Crippen LogP contribution in [0.4, 0.5) is 0 Å². The van der Waals surface area contributed by atoms with E-state index in [0.29, 0.717) is 34.7 Å². The van der Waals surface area contributed by atoms with Crippen LogP contribution in [0.2, 0.25) is 10.0 Å². The zero-order valence-corrected chi connectivity index (χ0v) is 19.5. The highest BCUT2D eigenvalue weighted by atomic mass is 35.5. The van der Waals surface area contributed by atoms with Crippen LogP contribution in [0.15, 0.2) is 30.4 Å². The summed E-state index contributed by atoms with van der Waals surface area (Å²) in [6, 6.07) is 5.85. The van der Waals surface area contributed by atoms with Crippen molar-refractivity contribution in [1.29, 1.82) is 0 Å². The smallest absolute Gasteiger partial charge is 0.328 e. The van der Waals surface area contributed by atoms with Gasteiger partial charge in [-0.3, -0.25) is 4.79 Å². The quantitative estimate of drug-likeness (QED) is 0.589. The summed E-state index contributed by atoms with van der Waals surface area (Å²) in [6.45, 7) is 4.29. The zero-order chi connectivity index (χ0) is 23.5. The second kappa shape index (κ2) is 13.5. The van der Waals surface area contributed by atoms with Crippen LogP contribution in [0.3, 0.4) is 0 Å². The van der Waals surface area contributed by atoms with Crippen LogP contribution < -0.4 is 0 Å². The second-order valence-electron chi connectivity index (χ2n) is 8.03. The van der Waals surface area contributed by atoms with E-state index in [9.17, 15) is 14.4 Å². The molecular formula is C23H30Cl2N2O5. The number of hydrogen-bond donors (Lipinski definition) is 2. The molecule has 1 atom stereocenters.